The fourth-order valence-corrected chi connectivity index (χ4v) is 4.75. The Morgan fingerprint density at radius 3 is 2.50 bits per heavy atom. The van der Waals surface area contributed by atoms with Crippen LogP contribution in [-0.2, 0) is 16.1 Å². The molecule has 1 unspecified atom stereocenters. The standard InChI is InChI=1S/C23H34O7/c24-18(23-29-14-15-7-5-6-9-21(15)30-23)12-11-17-16(19(25)13-20(17)26)8-3-1-2-4-10-22(27)28/h5-7,9,16-20,23-26H,1-4,8,10-14H2,(H,27,28)/t16-,17-,18+,19+,20-,23?/m1/s1. The second-order valence-corrected chi connectivity index (χ2v) is 8.59. The average molecular weight is 423 g/mol. The summed E-state index contributed by atoms with van der Waals surface area (Å²) in [6.07, 6.45) is 3.10. The summed E-state index contributed by atoms with van der Waals surface area (Å²) < 4.78 is 11.4. The molecular formula is C23H34O7. The van der Waals surface area contributed by atoms with E-state index in [9.17, 15) is 20.1 Å². The van der Waals surface area contributed by atoms with Crippen LogP contribution in [0, 0.1) is 11.8 Å². The second-order valence-electron chi connectivity index (χ2n) is 8.59. The quantitative estimate of drug-likeness (QED) is 0.405. The molecule has 1 fully saturated rings. The van der Waals surface area contributed by atoms with Gasteiger partial charge >= 0.3 is 5.97 Å². The summed E-state index contributed by atoms with van der Waals surface area (Å²) in [5, 5.41) is 40.1. The summed E-state index contributed by atoms with van der Waals surface area (Å²) in [5.74, 6) is -0.104. The third kappa shape index (κ3) is 6.17. The van der Waals surface area contributed by atoms with Crippen molar-refractivity contribution in [1.82, 2.24) is 0 Å². The van der Waals surface area contributed by atoms with Crippen molar-refractivity contribution in [2.45, 2.75) is 89.0 Å². The maximum atomic E-state index is 10.6. The molecule has 1 aliphatic carbocycles. The summed E-state index contributed by atoms with van der Waals surface area (Å²) in [5.41, 5.74) is 0.957. The zero-order chi connectivity index (χ0) is 21.5. The highest BCUT2D eigenvalue weighted by molar-refractivity contribution is 5.66. The molecule has 0 bridgehead atoms. The van der Waals surface area contributed by atoms with Gasteiger partial charge in [0.2, 0.25) is 6.29 Å². The highest BCUT2D eigenvalue weighted by Crippen LogP contribution is 2.39. The van der Waals surface area contributed by atoms with Crippen molar-refractivity contribution in [3.8, 4) is 5.75 Å². The van der Waals surface area contributed by atoms with E-state index in [2.05, 4.69) is 0 Å². The number of hydrogen-bond acceptors (Lipinski definition) is 6. The van der Waals surface area contributed by atoms with Gasteiger partial charge in [0.15, 0.2) is 0 Å². The fourth-order valence-electron chi connectivity index (χ4n) is 4.75. The second kappa shape index (κ2) is 11.1. The van der Waals surface area contributed by atoms with Crippen LogP contribution in [0.15, 0.2) is 24.3 Å². The Morgan fingerprint density at radius 1 is 1.03 bits per heavy atom. The van der Waals surface area contributed by atoms with Gasteiger partial charge in [-0.15, -0.1) is 0 Å². The van der Waals surface area contributed by atoms with Crippen LogP contribution in [0.1, 0.15) is 63.4 Å². The molecule has 30 heavy (non-hydrogen) atoms. The molecular weight excluding hydrogens is 388 g/mol. The monoisotopic (exact) mass is 422 g/mol. The van der Waals surface area contributed by atoms with Crippen molar-refractivity contribution < 1.29 is 34.7 Å². The first-order valence-corrected chi connectivity index (χ1v) is 11.1. The molecule has 6 atom stereocenters. The molecule has 2 aliphatic rings. The molecule has 7 nitrogen and oxygen atoms in total. The van der Waals surface area contributed by atoms with Crippen LogP contribution < -0.4 is 4.74 Å². The smallest absolute Gasteiger partial charge is 0.303 e. The number of ether oxygens (including phenoxy) is 2. The van der Waals surface area contributed by atoms with Crippen molar-refractivity contribution in [2.24, 2.45) is 11.8 Å². The number of rotatable bonds is 11. The predicted octanol–water partition coefficient (Wildman–Crippen LogP) is 2.85. The molecule has 1 aromatic carbocycles. The zero-order valence-electron chi connectivity index (χ0n) is 17.4. The van der Waals surface area contributed by atoms with Crippen molar-refractivity contribution in [2.75, 3.05) is 0 Å². The van der Waals surface area contributed by atoms with Gasteiger partial charge in [0, 0.05) is 12.0 Å². The van der Waals surface area contributed by atoms with E-state index in [1.165, 1.54) is 0 Å². The predicted molar refractivity (Wildman–Crippen MR) is 110 cm³/mol. The van der Waals surface area contributed by atoms with E-state index in [1.54, 1.807) is 0 Å². The number of benzene rings is 1. The van der Waals surface area contributed by atoms with Crippen LogP contribution in [-0.4, -0.2) is 51.0 Å². The Morgan fingerprint density at radius 2 is 1.73 bits per heavy atom. The number of carboxylic acid groups (broad SMARTS) is 1. The Hall–Kier alpha value is -1.67. The van der Waals surface area contributed by atoms with E-state index in [0.29, 0.717) is 32.3 Å². The minimum absolute atomic E-state index is 0.000548. The molecule has 1 aliphatic heterocycles. The van der Waals surface area contributed by atoms with Crippen molar-refractivity contribution in [3.05, 3.63) is 29.8 Å². The van der Waals surface area contributed by atoms with Gasteiger partial charge in [0.1, 0.15) is 11.9 Å². The van der Waals surface area contributed by atoms with Crippen LogP contribution in [0.5, 0.6) is 5.75 Å². The van der Waals surface area contributed by atoms with E-state index >= 15 is 0 Å². The van der Waals surface area contributed by atoms with Crippen LogP contribution >= 0.6 is 0 Å². The van der Waals surface area contributed by atoms with Gasteiger partial charge in [0.05, 0.1) is 18.8 Å². The maximum Gasteiger partial charge on any atom is 0.303 e. The lowest BCUT2D eigenvalue weighted by molar-refractivity contribution is -0.168. The molecule has 168 valence electrons. The summed E-state index contributed by atoms with van der Waals surface area (Å²) in [6.45, 7) is 0.396. The van der Waals surface area contributed by atoms with Gasteiger partial charge in [0.25, 0.3) is 0 Å². The lowest BCUT2D eigenvalue weighted by Gasteiger charge is -2.31. The summed E-state index contributed by atoms with van der Waals surface area (Å²) in [7, 11) is 0. The minimum atomic E-state index is -0.806. The molecule has 0 spiro atoms. The minimum Gasteiger partial charge on any atom is -0.481 e. The van der Waals surface area contributed by atoms with E-state index in [-0.39, 0.29) is 18.3 Å². The van der Waals surface area contributed by atoms with Crippen LogP contribution in [0.4, 0.5) is 0 Å². The summed E-state index contributed by atoms with van der Waals surface area (Å²) in [6, 6.07) is 7.60. The third-order valence-corrected chi connectivity index (χ3v) is 6.43. The lowest BCUT2D eigenvalue weighted by Crippen LogP contribution is -2.37. The molecule has 0 amide bonds. The first-order valence-electron chi connectivity index (χ1n) is 11.1. The molecule has 0 saturated heterocycles. The van der Waals surface area contributed by atoms with Gasteiger partial charge in [-0.1, -0.05) is 37.5 Å². The normalized spacial score (nSPS) is 29.2. The average Bonchev–Trinajstić information content (AvgIpc) is 3.00. The molecule has 0 radical (unpaired) electrons. The van der Waals surface area contributed by atoms with Gasteiger partial charge in [-0.05, 0) is 50.0 Å². The SMILES string of the molecule is O=C(O)CCCCCC[C@@H]1[C@@H](CC[C@H](O)C2OCc3ccccc3O2)[C@H](O)C[C@@H]1O. The molecule has 1 aromatic rings. The summed E-state index contributed by atoms with van der Waals surface area (Å²) >= 11 is 0. The molecule has 7 heteroatoms. The van der Waals surface area contributed by atoms with Crippen molar-refractivity contribution in [3.63, 3.8) is 0 Å². The zero-order valence-corrected chi connectivity index (χ0v) is 17.4. The van der Waals surface area contributed by atoms with Gasteiger partial charge in [-0.25, -0.2) is 0 Å². The Bertz CT molecular complexity index is 679. The fraction of sp³-hybridized carbons (Fsp3) is 0.696. The maximum absolute atomic E-state index is 10.6. The first kappa shape index (κ1) is 23.0. The highest BCUT2D eigenvalue weighted by atomic mass is 16.7. The van der Waals surface area contributed by atoms with Gasteiger partial charge < -0.3 is 29.9 Å². The van der Waals surface area contributed by atoms with Gasteiger partial charge in [-0.3, -0.25) is 4.79 Å². The van der Waals surface area contributed by atoms with E-state index < -0.39 is 30.6 Å². The van der Waals surface area contributed by atoms with Crippen LogP contribution in [0.25, 0.3) is 0 Å². The lowest BCUT2D eigenvalue weighted by atomic mass is 9.84. The largest absolute Gasteiger partial charge is 0.481 e. The molecule has 0 aromatic heterocycles. The number of unbranched alkanes of at least 4 members (excludes halogenated alkanes) is 3. The molecule has 1 saturated carbocycles. The number of hydrogen-bond donors (Lipinski definition) is 4. The number of para-hydroxylation sites is 1. The Labute approximate surface area is 177 Å². The van der Waals surface area contributed by atoms with E-state index in [4.69, 9.17) is 14.6 Å². The summed E-state index contributed by atoms with van der Waals surface area (Å²) in [4.78, 5) is 10.6. The number of carbonyl (C=O) groups is 1. The molecule has 1 heterocycles. The van der Waals surface area contributed by atoms with E-state index in [1.807, 2.05) is 24.3 Å². The van der Waals surface area contributed by atoms with E-state index in [0.717, 1.165) is 37.0 Å². The Balaban J connectivity index is 1.43. The van der Waals surface area contributed by atoms with Crippen molar-refractivity contribution >= 4 is 5.97 Å². The Kier molecular flexibility index (Phi) is 8.50. The van der Waals surface area contributed by atoms with Crippen LogP contribution in [0.3, 0.4) is 0 Å². The first-order chi connectivity index (χ1) is 14.5. The molecule has 4 N–H and O–H groups in total. The number of carboxylic acids is 1. The number of fused-ring (bicyclic) bond motifs is 1. The number of aliphatic hydroxyl groups excluding tert-OH is 3. The van der Waals surface area contributed by atoms with Crippen molar-refractivity contribution in [1.29, 1.82) is 0 Å². The molecule has 3 rings (SSSR count). The highest BCUT2D eigenvalue weighted by Gasteiger charge is 2.41. The van der Waals surface area contributed by atoms with Crippen LogP contribution in [0.2, 0.25) is 0 Å². The topological polar surface area (TPSA) is 116 Å². The third-order valence-electron chi connectivity index (χ3n) is 6.43. The number of aliphatic carboxylic acids is 1. The number of aliphatic hydroxyl groups is 3. The van der Waals surface area contributed by atoms with Gasteiger partial charge in [-0.2, -0.15) is 0 Å².